The molecule has 0 spiro atoms. The molecule has 0 amide bonds. The molecule has 0 N–H and O–H groups in total. The van der Waals surface area contributed by atoms with Gasteiger partial charge in [-0.25, -0.2) is 0 Å². The molecule has 0 saturated heterocycles. The van der Waals surface area contributed by atoms with Gasteiger partial charge < -0.3 is 14.4 Å². The third-order valence-corrected chi connectivity index (χ3v) is 9.14. The van der Waals surface area contributed by atoms with Crippen LogP contribution >= 0.6 is 0 Å². The summed E-state index contributed by atoms with van der Waals surface area (Å²) >= 11 is 0. The Morgan fingerprint density at radius 1 is 0.655 bits per heavy atom. The van der Waals surface area contributed by atoms with Gasteiger partial charge in [0.1, 0.15) is 5.58 Å². The Labute approximate surface area is 357 Å². The molecule has 0 atom stereocenters. The van der Waals surface area contributed by atoms with Crippen molar-refractivity contribution in [2.24, 2.45) is 5.41 Å². The molecule has 0 fully saturated rings. The van der Waals surface area contributed by atoms with Crippen LogP contribution in [-0.2, 0) is 26.5 Å². The van der Waals surface area contributed by atoms with Gasteiger partial charge in [0.25, 0.3) is 0 Å². The zero-order valence-corrected chi connectivity index (χ0v) is 32.7. The third-order valence-electron chi connectivity index (χ3n) is 9.14. The van der Waals surface area contributed by atoms with Crippen molar-refractivity contribution in [3.63, 3.8) is 0 Å². The van der Waals surface area contributed by atoms with Crippen LogP contribution in [0.2, 0.25) is 0 Å². The molecule has 0 unspecified atom stereocenters. The number of pyridine rings is 2. The van der Waals surface area contributed by atoms with Crippen LogP contribution in [0.4, 0.5) is 0 Å². The van der Waals surface area contributed by atoms with Crippen molar-refractivity contribution in [2.75, 3.05) is 0 Å². The average Bonchev–Trinajstić information content (AvgIpc) is 3.64. The van der Waals surface area contributed by atoms with E-state index >= 15 is 0 Å². The maximum atomic E-state index is 8.25. The fourth-order valence-corrected chi connectivity index (χ4v) is 6.67. The zero-order valence-electron chi connectivity index (χ0n) is 44.3. The summed E-state index contributed by atoms with van der Waals surface area (Å²) in [5, 5.41) is 6.03. The fraction of sp³-hybridized carbons (Fsp3) is 0.176. The summed E-state index contributed by atoms with van der Waals surface area (Å²) < 4.78 is 117. The minimum Gasteiger partial charge on any atom is -0.501 e. The van der Waals surface area contributed by atoms with Crippen molar-refractivity contribution < 1.29 is 43.7 Å². The van der Waals surface area contributed by atoms with Gasteiger partial charge in [0.15, 0.2) is 0 Å². The van der Waals surface area contributed by atoms with Crippen molar-refractivity contribution in [3.05, 3.63) is 168 Å². The SMILES string of the molecule is [2H]C([2H])([2H])c1c[c-]c(-c2ccc(C([2H])([2H])C(C)(C)C)cn2)cc1.[2H]C([2H])([2H])c1ccc(-c2cc(-c3[c-]ccc4c3oc3cc5c(ccc6ccccc65)cc34)ncc2C([2H])([2H])[2H])c(C([2H])([2H])[2H])c1.[Ir]. The minimum atomic E-state index is -2.72. The molecule has 0 aliphatic carbocycles. The van der Waals surface area contributed by atoms with Crippen molar-refractivity contribution in [2.45, 2.75) is 54.6 Å². The molecule has 3 nitrogen and oxygen atoms in total. The second-order valence-electron chi connectivity index (χ2n) is 14.2. The molecule has 9 rings (SSSR count). The largest absolute Gasteiger partial charge is 0.501 e. The van der Waals surface area contributed by atoms with Crippen LogP contribution in [0.3, 0.4) is 0 Å². The van der Waals surface area contributed by atoms with Crippen molar-refractivity contribution in [1.82, 2.24) is 9.97 Å². The number of fused-ring (bicyclic) bond motifs is 6. The summed E-state index contributed by atoms with van der Waals surface area (Å²) in [5.74, 6) is 0. The number of aryl methyl sites for hydroxylation is 4. The Morgan fingerprint density at radius 2 is 1.47 bits per heavy atom. The number of nitrogens with zero attached hydrogens (tertiary/aromatic N) is 2. The fourth-order valence-electron chi connectivity index (χ4n) is 6.67. The Bertz CT molecular complexity index is 3350. The van der Waals surface area contributed by atoms with Gasteiger partial charge in [0.2, 0.25) is 0 Å². The molecule has 0 bridgehead atoms. The normalized spacial score (nSPS) is 16.4. The van der Waals surface area contributed by atoms with E-state index in [1.807, 2.05) is 45.0 Å². The van der Waals surface area contributed by atoms with E-state index in [2.05, 4.69) is 52.4 Å². The van der Waals surface area contributed by atoms with E-state index in [9.17, 15) is 0 Å². The number of aromatic nitrogens is 2. The van der Waals surface area contributed by atoms with Crippen LogP contribution < -0.4 is 0 Å². The van der Waals surface area contributed by atoms with Gasteiger partial charge in [-0.05, 0) is 105 Å². The van der Waals surface area contributed by atoms with Crippen LogP contribution in [0.15, 0.2) is 132 Å². The van der Waals surface area contributed by atoms with E-state index in [1.165, 1.54) is 36.7 Å². The molecular formula is C51H44IrN2O-2. The monoisotopic (exact) mass is 907 g/mol. The standard InChI is InChI=1S/C34H24NO.C17H20N.Ir/c1-20-11-14-25(21(2)15-20)29-17-32(35-19-22(29)3)28-10-6-9-27-31-16-24-13-12-23-7-4-5-8-26(23)30(24)18-33(31)36-34(27)28;1-13-5-8-15(9-6-13)16-10-7-14(12-18-16)11-17(2,3)4;/h4-9,11-19H,1-3H3;5-8,10,12H,11H2,1-4H3;/q2*-1;/i1D3,2D3,3D3;1D3,11D2;. The van der Waals surface area contributed by atoms with Crippen molar-refractivity contribution >= 4 is 43.5 Å². The Hall–Kier alpha value is -5.41. The summed E-state index contributed by atoms with van der Waals surface area (Å²) in [6, 6.07) is 39.6. The molecule has 0 saturated carbocycles. The van der Waals surface area contributed by atoms with Crippen LogP contribution in [0.25, 0.3) is 77.1 Å². The quantitative estimate of drug-likeness (QED) is 0.130. The number of rotatable bonds is 4. The second kappa shape index (κ2) is 15.4. The molecule has 9 aromatic rings. The van der Waals surface area contributed by atoms with Crippen LogP contribution in [0, 0.1) is 45.0 Å². The first-order chi connectivity index (χ1) is 31.6. The van der Waals surface area contributed by atoms with Gasteiger partial charge in [0.05, 0.1) is 5.58 Å². The van der Waals surface area contributed by atoms with E-state index in [1.54, 1.807) is 30.3 Å². The molecule has 6 aromatic carbocycles. The molecule has 3 heterocycles. The van der Waals surface area contributed by atoms with Gasteiger partial charge in [-0.15, -0.1) is 53.6 Å². The first-order valence-corrected chi connectivity index (χ1v) is 17.5. The van der Waals surface area contributed by atoms with E-state index < -0.39 is 39.2 Å². The molecule has 4 heteroatoms. The molecule has 0 aliphatic rings. The Morgan fingerprint density at radius 3 is 2.24 bits per heavy atom. The molecular weight excluding hydrogens is 849 g/mol. The van der Waals surface area contributed by atoms with Gasteiger partial charge in [-0.3, -0.25) is 0 Å². The van der Waals surface area contributed by atoms with Crippen molar-refractivity contribution in [3.8, 4) is 33.6 Å². The maximum Gasteiger partial charge on any atom is 0.121 e. The summed E-state index contributed by atoms with van der Waals surface area (Å²) in [6.45, 7) is -4.49. The second-order valence-corrected chi connectivity index (χ2v) is 14.2. The molecule has 1 radical (unpaired) electrons. The van der Waals surface area contributed by atoms with E-state index in [0.717, 1.165) is 38.4 Å². The van der Waals surface area contributed by atoms with Gasteiger partial charge in [-0.1, -0.05) is 117 Å². The first-order valence-electron chi connectivity index (χ1n) is 24.5. The van der Waals surface area contributed by atoms with Crippen molar-refractivity contribution in [1.29, 1.82) is 0 Å². The maximum absolute atomic E-state index is 8.25. The van der Waals surface area contributed by atoms with Gasteiger partial charge in [-0.2, -0.15) is 0 Å². The van der Waals surface area contributed by atoms with E-state index in [4.69, 9.17) is 23.6 Å². The predicted octanol–water partition coefficient (Wildman–Crippen LogP) is 13.8. The minimum absolute atomic E-state index is 0. The zero-order chi connectivity index (χ0) is 49.4. The molecule has 0 aliphatic heterocycles. The number of benzene rings is 6. The average molecular weight is 907 g/mol. The van der Waals surface area contributed by atoms with Gasteiger partial charge in [0, 0.05) is 57.1 Å². The topological polar surface area (TPSA) is 38.9 Å². The van der Waals surface area contributed by atoms with Crippen LogP contribution in [0.1, 0.15) is 67.8 Å². The summed E-state index contributed by atoms with van der Waals surface area (Å²) in [7, 11) is 0. The summed E-state index contributed by atoms with van der Waals surface area (Å²) in [6.07, 6.45) is 1.26. The predicted molar refractivity (Wildman–Crippen MR) is 227 cm³/mol. The number of hydrogen-bond acceptors (Lipinski definition) is 3. The molecule has 55 heavy (non-hydrogen) atoms. The van der Waals surface area contributed by atoms with Crippen LogP contribution in [-0.4, -0.2) is 9.97 Å². The smallest absolute Gasteiger partial charge is 0.121 e. The van der Waals surface area contributed by atoms with E-state index in [0.29, 0.717) is 39.2 Å². The van der Waals surface area contributed by atoms with Crippen LogP contribution in [0.5, 0.6) is 0 Å². The Kier molecular flexibility index (Phi) is 6.76. The van der Waals surface area contributed by atoms with Gasteiger partial charge >= 0.3 is 0 Å². The first kappa shape index (κ1) is 24.2. The summed E-state index contributed by atoms with van der Waals surface area (Å²) in [5.41, 5.74) is 3.14. The molecule has 3 aromatic heterocycles. The number of hydrogen-bond donors (Lipinski definition) is 0. The third kappa shape index (κ3) is 7.89. The number of furan rings is 1. The van der Waals surface area contributed by atoms with E-state index in [-0.39, 0.29) is 53.5 Å². The summed E-state index contributed by atoms with van der Waals surface area (Å²) in [4.78, 5) is 8.79. The molecule has 275 valence electrons. The Balaban J connectivity index is 0.000000248.